The molecule has 0 saturated carbocycles. The summed E-state index contributed by atoms with van der Waals surface area (Å²) in [5.74, 6) is 0.334. The van der Waals surface area contributed by atoms with E-state index in [1.807, 2.05) is 0 Å². The van der Waals surface area contributed by atoms with Gasteiger partial charge in [0.1, 0.15) is 0 Å². The molecule has 1 atom stereocenters. The van der Waals surface area contributed by atoms with Crippen LogP contribution in [0.4, 0.5) is 0 Å². The maximum atomic E-state index is 12.6. The smallest absolute Gasteiger partial charge is 0.223 e. The molecule has 4 heteroatoms. The molecule has 1 aromatic rings. The minimum absolute atomic E-state index is 0.0732. The molecule has 0 radical (unpaired) electrons. The van der Waals surface area contributed by atoms with Crippen LogP contribution in [0.1, 0.15) is 43.2 Å². The van der Waals surface area contributed by atoms with Gasteiger partial charge in [0.2, 0.25) is 5.91 Å². The number of hydrogen-bond donors (Lipinski definition) is 0. The second kappa shape index (κ2) is 7.66. The Morgan fingerprint density at radius 1 is 1.12 bits per heavy atom. The number of nitrogens with zero attached hydrogens (tertiary/aromatic N) is 2. The molecule has 2 aliphatic rings. The third kappa shape index (κ3) is 3.81. The molecule has 24 heavy (non-hydrogen) atoms. The van der Waals surface area contributed by atoms with Gasteiger partial charge in [-0.2, -0.15) is 0 Å². The molecular weight excluding hydrogens is 300 g/mol. The minimum atomic E-state index is 0.0732. The third-order valence-electron chi connectivity index (χ3n) is 5.76. The maximum absolute atomic E-state index is 12.6. The molecule has 132 valence electrons. The van der Waals surface area contributed by atoms with Crippen LogP contribution in [0, 0.1) is 6.92 Å². The van der Waals surface area contributed by atoms with Crippen LogP contribution in [0.2, 0.25) is 0 Å². The van der Waals surface area contributed by atoms with Crippen molar-refractivity contribution in [2.24, 2.45) is 0 Å². The van der Waals surface area contributed by atoms with Gasteiger partial charge in [-0.25, -0.2) is 0 Å². The van der Waals surface area contributed by atoms with Gasteiger partial charge in [-0.15, -0.1) is 0 Å². The molecule has 2 fully saturated rings. The average molecular weight is 330 g/mol. The quantitative estimate of drug-likeness (QED) is 0.832. The van der Waals surface area contributed by atoms with Gasteiger partial charge < -0.3 is 14.5 Å². The third-order valence-corrected chi connectivity index (χ3v) is 5.76. The summed E-state index contributed by atoms with van der Waals surface area (Å²) in [4.78, 5) is 17.3. The van der Waals surface area contributed by atoms with Crippen molar-refractivity contribution in [3.63, 3.8) is 0 Å². The van der Waals surface area contributed by atoms with Crippen molar-refractivity contribution in [1.29, 1.82) is 0 Å². The normalized spacial score (nSPS) is 25.4. The van der Waals surface area contributed by atoms with Gasteiger partial charge in [0, 0.05) is 38.7 Å². The number of likely N-dealkylation sites (tertiary alicyclic amines) is 2. The van der Waals surface area contributed by atoms with Crippen molar-refractivity contribution in [1.82, 2.24) is 9.80 Å². The van der Waals surface area contributed by atoms with Gasteiger partial charge in [0.05, 0.1) is 6.61 Å². The summed E-state index contributed by atoms with van der Waals surface area (Å²) in [6.07, 6.45) is 5.13. The molecule has 0 aromatic heterocycles. The summed E-state index contributed by atoms with van der Waals surface area (Å²) in [6, 6.07) is 8.61. The van der Waals surface area contributed by atoms with E-state index >= 15 is 0 Å². The highest BCUT2D eigenvalue weighted by molar-refractivity contribution is 5.79. The second-order valence-electron chi connectivity index (χ2n) is 7.38. The first-order valence-corrected chi connectivity index (χ1v) is 9.20. The lowest BCUT2D eigenvalue weighted by Gasteiger charge is -2.38. The molecule has 0 N–H and O–H groups in total. The van der Waals surface area contributed by atoms with Crippen LogP contribution in [0.3, 0.4) is 0 Å². The number of benzene rings is 1. The monoisotopic (exact) mass is 330 g/mol. The van der Waals surface area contributed by atoms with E-state index in [-0.39, 0.29) is 5.54 Å². The molecule has 0 bridgehead atoms. The molecule has 1 unspecified atom stereocenters. The zero-order valence-corrected chi connectivity index (χ0v) is 15.1. The molecule has 0 aliphatic carbocycles. The van der Waals surface area contributed by atoms with Crippen LogP contribution < -0.4 is 0 Å². The number of carbonyl (C=O) groups excluding carboxylic acids is 1. The van der Waals surface area contributed by atoms with Crippen molar-refractivity contribution in [3.8, 4) is 0 Å². The fraction of sp³-hybridized carbons (Fsp3) is 0.650. The summed E-state index contributed by atoms with van der Waals surface area (Å²) in [5, 5.41) is 0. The Kier molecular flexibility index (Phi) is 5.57. The molecule has 2 saturated heterocycles. The summed E-state index contributed by atoms with van der Waals surface area (Å²) in [6.45, 7) is 6.85. The predicted octanol–water partition coefficient (Wildman–Crippen LogP) is 2.99. The number of aryl methyl sites for hydroxylation is 1. The number of rotatable bonds is 5. The first kappa shape index (κ1) is 17.4. The zero-order chi connectivity index (χ0) is 17.0. The second-order valence-corrected chi connectivity index (χ2v) is 7.38. The highest BCUT2D eigenvalue weighted by Crippen LogP contribution is 2.40. The standard InChI is InChI=1S/C20H30N2O2/c1-17-4-6-18(7-5-17)16-22-19(23)8-10-20(22)9-3-12-21(13-11-20)14-15-24-2/h4-7H,3,8-16H2,1-2H3. The molecule has 4 nitrogen and oxygen atoms in total. The Morgan fingerprint density at radius 3 is 2.67 bits per heavy atom. The van der Waals surface area contributed by atoms with Crippen LogP contribution in [-0.2, 0) is 16.1 Å². The summed E-state index contributed by atoms with van der Waals surface area (Å²) in [5.41, 5.74) is 2.59. The Bertz CT molecular complexity index is 557. The Morgan fingerprint density at radius 2 is 1.92 bits per heavy atom. The van der Waals surface area contributed by atoms with E-state index in [1.165, 1.54) is 17.5 Å². The van der Waals surface area contributed by atoms with Crippen molar-refractivity contribution in [2.75, 3.05) is 33.4 Å². The first-order chi connectivity index (χ1) is 11.6. The van der Waals surface area contributed by atoms with E-state index in [9.17, 15) is 4.79 Å². The number of methoxy groups -OCH3 is 1. The van der Waals surface area contributed by atoms with Gasteiger partial charge in [-0.3, -0.25) is 4.79 Å². The molecule has 1 aromatic carbocycles. The van der Waals surface area contributed by atoms with Gasteiger partial charge in [0.15, 0.2) is 0 Å². The van der Waals surface area contributed by atoms with Gasteiger partial charge in [-0.1, -0.05) is 29.8 Å². The molecule has 2 heterocycles. The van der Waals surface area contributed by atoms with E-state index < -0.39 is 0 Å². The van der Waals surface area contributed by atoms with Crippen LogP contribution in [0.25, 0.3) is 0 Å². The topological polar surface area (TPSA) is 32.8 Å². The van der Waals surface area contributed by atoms with Crippen molar-refractivity contribution >= 4 is 5.91 Å². The van der Waals surface area contributed by atoms with Crippen molar-refractivity contribution in [2.45, 2.75) is 51.1 Å². The predicted molar refractivity (Wildman–Crippen MR) is 95.9 cm³/mol. The number of hydrogen-bond acceptors (Lipinski definition) is 3. The highest BCUT2D eigenvalue weighted by Gasteiger charge is 2.45. The average Bonchev–Trinajstić information content (AvgIpc) is 2.76. The Labute approximate surface area is 145 Å². The van der Waals surface area contributed by atoms with E-state index in [1.54, 1.807) is 7.11 Å². The minimum Gasteiger partial charge on any atom is -0.383 e. The van der Waals surface area contributed by atoms with Gasteiger partial charge in [-0.05, 0) is 44.7 Å². The number of ether oxygens (including phenoxy) is 1. The fourth-order valence-corrected chi connectivity index (χ4v) is 4.20. The Hall–Kier alpha value is -1.39. The van der Waals surface area contributed by atoms with Gasteiger partial charge >= 0.3 is 0 Å². The van der Waals surface area contributed by atoms with E-state index in [4.69, 9.17) is 4.74 Å². The molecular formula is C20H30N2O2. The highest BCUT2D eigenvalue weighted by atomic mass is 16.5. The fourth-order valence-electron chi connectivity index (χ4n) is 4.20. The van der Waals surface area contributed by atoms with E-state index in [2.05, 4.69) is 41.0 Å². The maximum Gasteiger partial charge on any atom is 0.223 e. The lowest BCUT2D eigenvalue weighted by atomic mass is 9.87. The summed E-state index contributed by atoms with van der Waals surface area (Å²) < 4.78 is 5.22. The summed E-state index contributed by atoms with van der Waals surface area (Å²) in [7, 11) is 1.76. The van der Waals surface area contributed by atoms with Gasteiger partial charge in [0.25, 0.3) is 0 Å². The first-order valence-electron chi connectivity index (χ1n) is 9.20. The van der Waals surface area contributed by atoms with Crippen molar-refractivity contribution < 1.29 is 9.53 Å². The van der Waals surface area contributed by atoms with E-state index in [0.29, 0.717) is 12.3 Å². The SMILES string of the molecule is COCCN1CCCC2(CCC(=O)N2Cc2ccc(C)cc2)CC1. The zero-order valence-electron chi connectivity index (χ0n) is 15.1. The largest absolute Gasteiger partial charge is 0.383 e. The molecule has 1 spiro atoms. The lowest BCUT2D eigenvalue weighted by molar-refractivity contribution is -0.132. The molecule has 2 aliphatic heterocycles. The molecule has 3 rings (SSSR count). The van der Waals surface area contributed by atoms with E-state index in [0.717, 1.165) is 52.0 Å². The van der Waals surface area contributed by atoms with Crippen LogP contribution in [0.15, 0.2) is 24.3 Å². The van der Waals surface area contributed by atoms with Crippen LogP contribution in [0.5, 0.6) is 0 Å². The van der Waals surface area contributed by atoms with Crippen LogP contribution in [-0.4, -0.2) is 54.6 Å². The lowest BCUT2D eigenvalue weighted by Crippen LogP contribution is -2.46. The Balaban J connectivity index is 1.70. The summed E-state index contributed by atoms with van der Waals surface area (Å²) >= 11 is 0. The number of amides is 1. The van der Waals surface area contributed by atoms with Crippen molar-refractivity contribution in [3.05, 3.63) is 35.4 Å². The van der Waals surface area contributed by atoms with Crippen LogP contribution >= 0.6 is 0 Å². The molecule has 1 amide bonds. The number of carbonyl (C=O) groups is 1.